The molecule has 7 heteroatoms. The van der Waals surface area contributed by atoms with Crippen LogP contribution in [0.2, 0.25) is 0 Å². The predicted molar refractivity (Wildman–Crippen MR) is 111 cm³/mol. The number of hydrogen-bond acceptors (Lipinski definition) is 6. The van der Waals surface area contributed by atoms with E-state index in [0.717, 1.165) is 23.9 Å². The maximum atomic E-state index is 12.8. The number of carbonyl (C=O) groups excluding carboxylic acids is 1. The van der Waals surface area contributed by atoms with Crippen LogP contribution in [0.25, 0.3) is 10.8 Å². The second-order valence-corrected chi connectivity index (χ2v) is 6.92. The SMILES string of the molecule is CN(C)c1nc(N2CCOCC2)ncc1NC(=O)c1ccc2ccccc2c1. The van der Waals surface area contributed by atoms with E-state index < -0.39 is 0 Å². The third kappa shape index (κ3) is 3.75. The first-order valence-electron chi connectivity index (χ1n) is 9.29. The summed E-state index contributed by atoms with van der Waals surface area (Å²) in [7, 11) is 3.80. The molecule has 144 valence electrons. The van der Waals surface area contributed by atoms with Gasteiger partial charge in [0, 0.05) is 32.7 Å². The van der Waals surface area contributed by atoms with Crippen molar-refractivity contribution < 1.29 is 9.53 Å². The molecule has 28 heavy (non-hydrogen) atoms. The van der Waals surface area contributed by atoms with Gasteiger partial charge >= 0.3 is 0 Å². The Labute approximate surface area is 164 Å². The van der Waals surface area contributed by atoms with Crippen LogP contribution < -0.4 is 15.1 Å². The molecule has 7 nitrogen and oxygen atoms in total. The summed E-state index contributed by atoms with van der Waals surface area (Å²) in [6.45, 7) is 2.85. The summed E-state index contributed by atoms with van der Waals surface area (Å²) in [6.07, 6.45) is 1.67. The van der Waals surface area contributed by atoms with Gasteiger partial charge in [-0.1, -0.05) is 30.3 Å². The first kappa shape index (κ1) is 18.2. The molecular weight excluding hydrogens is 354 g/mol. The van der Waals surface area contributed by atoms with Gasteiger partial charge in [0.15, 0.2) is 5.82 Å². The molecule has 0 spiro atoms. The average Bonchev–Trinajstić information content (AvgIpc) is 2.74. The fourth-order valence-electron chi connectivity index (χ4n) is 3.23. The van der Waals surface area contributed by atoms with E-state index in [4.69, 9.17) is 4.74 Å². The normalized spacial score (nSPS) is 14.1. The monoisotopic (exact) mass is 377 g/mol. The molecule has 2 aromatic carbocycles. The largest absolute Gasteiger partial charge is 0.378 e. The zero-order chi connectivity index (χ0) is 19.5. The van der Waals surface area contributed by atoms with E-state index in [2.05, 4.69) is 20.2 Å². The van der Waals surface area contributed by atoms with Crippen LogP contribution in [-0.2, 0) is 4.74 Å². The summed E-state index contributed by atoms with van der Waals surface area (Å²) >= 11 is 0. The van der Waals surface area contributed by atoms with Crippen molar-refractivity contribution in [1.82, 2.24) is 9.97 Å². The van der Waals surface area contributed by atoms with Crippen LogP contribution in [-0.4, -0.2) is 56.3 Å². The van der Waals surface area contributed by atoms with E-state index in [0.29, 0.717) is 36.2 Å². The average molecular weight is 377 g/mol. The van der Waals surface area contributed by atoms with Gasteiger partial charge in [0.2, 0.25) is 5.95 Å². The highest BCUT2D eigenvalue weighted by molar-refractivity contribution is 6.07. The van der Waals surface area contributed by atoms with E-state index >= 15 is 0 Å². The molecule has 0 radical (unpaired) electrons. The van der Waals surface area contributed by atoms with Gasteiger partial charge < -0.3 is 19.9 Å². The molecule has 0 unspecified atom stereocenters. The highest BCUT2D eigenvalue weighted by atomic mass is 16.5. The lowest BCUT2D eigenvalue weighted by Crippen LogP contribution is -2.37. The molecule has 0 bridgehead atoms. The van der Waals surface area contributed by atoms with Crippen molar-refractivity contribution >= 4 is 34.1 Å². The minimum atomic E-state index is -0.184. The van der Waals surface area contributed by atoms with E-state index in [-0.39, 0.29) is 5.91 Å². The molecule has 1 fully saturated rings. The minimum Gasteiger partial charge on any atom is -0.378 e. The quantitative estimate of drug-likeness (QED) is 0.754. The molecule has 1 aliphatic heterocycles. The zero-order valence-corrected chi connectivity index (χ0v) is 16.1. The third-order valence-corrected chi connectivity index (χ3v) is 4.73. The maximum Gasteiger partial charge on any atom is 0.255 e. The summed E-state index contributed by atoms with van der Waals surface area (Å²) in [5, 5.41) is 5.09. The lowest BCUT2D eigenvalue weighted by molar-refractivity contribution is 0.102. The van der Waals surface area contributed by atoms with Gasteiger partial charge in [-0.3, -0.25) is 4.79 Å². The summed E-state index contributed by atoms with van der Waals surface area (Å²) < 4.78 is 5.39. The third-order valence-electron chi connectivity index (χ3n) is 4.73. The number of morpholine rings is 1. The van der Waals surface area contributed by atoms with E-state index in [1.54, 1.807) is 6.20 Å². The molecule has 1 amide bonds. The lowest BCUT2D eigenvalue weighted by atomic mass is 10.1. The molecule has 2 heterocycles. The number of anilines is 3. The van der Waals surface area contributed by atoms with Crippen LogP contribution >= 0.6 is 0 Å². The predicted octanol–water partition coefficient (Wildman–Crippen LogP) is 2.78. The van der Waals surface area contributed by atoms with Crippen LogP contribution in [0, 0.1) is 0 Å². The van der Waals surface area contributed by atoms with Crippen molar-refractivity contribution in [1.29, 1.82) is 0 Å². The van der Waals surface area contributed by atoms with Crippen LogP contribution in [0.5, 0.6) is 0 Å². The second-order valence-electron chi connectivity index (χ2n) is 6.92. The summed E-state index contributed by atoms with van der Waals surface area (Å²) in [5.74, 6) is 1.14. The Bertz CT molecular complexity index is 999. The fourth-order valence-corrected chi connectivity index (χ4v) is 3.23. The van der Waals surface area contributed by atoms with Crippen molar-refractivity contribution in [3.05, 3.63) is 54.2 Å². The number of carbonyl (C=O) groups is 1. The summed E-state index contributed by atoms with van der Waals surface area (Å²) in [6, 6.07) is 13.6. The van der Waals surface area contributed by atoms with Crippen molar-refractivity contribution in [2.75, 3.05) is 55.5 Å². The minimum absolute atomic E-state index is 0.184. The number of nitrogens with one attached hydrogen (secondary N) is 1. The number of benzene rings is 2. The molecule has 0 aliphatic carbocycles. The molecule has 0 atom stereocenters. The Morgan fingerprint density at radius 2 is 1.86 bits per heavy atom. The van der Waals surface area contributed by atoms with Gasteiger partial charge in [-0.2, -0.15) is 4.98 Å². The Balaban J connectivity index is 1.59. The number of fused-ring (bicyclic) bond motifs is 1. The topological polar surface area (TPSA) is 70.6 Å². The van der Waals surface area contributed by atoms with Crippen molar-refractivity contribution in [3.63, 3.8) is 0 Å². The van der Waals surface area contributed by atoms with Gasteiger partial charge in [0.25, 0.3) is 5.91 Å². The fraction of sp³-hybridized carbons (Fsp3) is 0.286. The summed E-state index contributed by atoms with van der Waals surface area (Å²) in [4.78, 5) is 25.9. The van der Waals surface area contributed by atoms with Gasteiger partial charge in [-0.15, -0.1) is 0 Å². The molecular formula is C21H23N5O2. The number of hydrogen-bond donors (Lipinski definition) is 1. The number of amides is 1. The molecule has 1 N–H and O–H groups in total. The zero-order valence-electron chi connectivity index (χ0n) is 16.1. The second kappa shape index (κ2) is 7.82. The Hall–Kier alpha value is -3.19. The number of nitrogens with zero attached hydrogens (tertiary/aromatic N) is 4. The van der Waals surface area contributed by atoms with Crippen LogP contribution in [0.15, 0.2) is 48.7 Å². The summed E-state index contributed by atoms with van der Waals surface area (Å²) in [5.41, 5.74) is 1.18. The van der Waals surface area contributed by atoms with Crippen LogP contribution in [0.3, 0.4) is 0 Å². The molecule has 3 aromatic rings. The van der Waals surface area contributed by atoms with Crippen LogP contribution in [0.1, 0.15) is 10.4 Å². The molecule has 0 saturated carbocycles. The highest BCUT2D eigenvalue weighted by Crippen LogP contribution is 2.25. The van der Waals surface area contributed by atoms with E-state index in [1.165, 1.54) is 0 Å². The smallest absolute Gasteiger partial charge is 0.255 e. The van der Waals surface area contributed by atoms with Gasteiger partial charge in [0.05, 0.1) is 19.4 Å². The Morgan fingerprint density at radius 3 is 2.61 bits per heavy atom. The van der Waals surface area contributed by atoms with Gasteiger partial charge in [-0.05, 0) is 22.9 Å². The van der Waals surface area contributed by atoms with Crippen molar-refractivity contribution in [2.24, 2.45) is 0 Å². The van der Waals surface area contributed by atoms with Crippen molar-refractivity contribution in [3.8, 4) is 0 Å². The molecule has 1 aromatic heterocycles. The number of rotatable bonds is 4. The molecule has 1 aliphatic rings. The van der Waals surface area contributed by atoms with E-state index in [1.807, 2.05) is 61.5 Å². The van der Waals surface area contributed by atoms with Crippen LogP contribution in [0.4, 0.5) is 17.5 Å². The Morgan fingerprint density at radius 1 is 1.11 bits per heavy atom. The Kier molecular flexibility index (Phi) is 5.08. The number of ether oxygens (including phenoxy) is 1. The molecule has 1 saturated heterocycles. The lowest BCUT2D eigenvalue weighted by Gasteiger charge is -2.28. The van der Waals surface area contributed by atoms with E-state index in [9.17, 15) is 4.79 Å². The van der Waals surface area contributed by atoms with Crippen molar-refractivity contribution in [2.45, 2.75) is 0 Å². The highest BCUT2D eigenvalue weighted by Gasteiger charge is 2.18. The molecule has 4 rings (SSSR count). The standard InChI is InChI=1S/C21H23N5O2/c1-25(2)19-18(14-22-21(24-19)26-9-11-28-12-10-26)23-20(27)17-8-7-15-5-3-4-6-16(15)13-17/h3-8,13-14H,9-12H2,1-2H3,(H,23,27). The number of aromatic nitrogens is 2. The first-order valence-corrected chi connectivity index (χ1v) is 9.29. The van der Waals surface area contributed by atoms with Gasteiger partial charge in [-0.25, -0.2) is 4.98 Å². The van der Waals surface area contributed by atoms with Gasteiger partial charge in [0.1, 0.15) is 5.69 Å². The maximum absolute atomic E-state index is 12.8. The first-order chi connectivity index (χ1) is 13.6.